The summed E-state index contributed by atoms with van der Waals surface area (Å²) < 4.78 is 50.3. The van der Waals surface area contributed by atoms with Crippen LogP contribution >= 0.6 is 0 Å². The zero-order chi connectivity index (χ0) is 19.1. The molecule has 142 valence electrons. The smallest absolute Gasteiger partial charge is 0.393 e. The van der Waals surface area contributed by atoms with Crippen molar-refractivity contribution in [3.63, 3.8) is 0 Å². The Kier molecular flexibility index (Phi) is 4.72. The number of piperidine rings is 1. The van der Waals surface area contributed by atoms with Crippen molar-refractivity contribution < 1.29 is 22.6 Å². The number of halogens is 3. The first-order valence-electron chi connectivity index (χ1n) is 8.29. The Labute approximate surface area is 149 Å². The number of hydrogen-bond acceptors (Lipinski definition) is 6. The molecule has 0 saturated carbocycles. The van der Waals surface area contributed by atoms with Crippen LogP contribution in [0.3, 0.4) is 0 Å². The second kappa shape index (κ2) is 6.69. The van der Waals surface area contributed by atoms with E-state index in [0.717, 1.165) is 0 Å². The van der Waals surface area contributed by atoms with E-state index in [2.05, 4.69) is 9.97 Å². The van der Waals surface area contributed by atoms with Gasteiger partial charge in [0.1, 0.15) is 5.82 Å². The van der Waals surface area contributed by atoms with Crippen LogP contribution in [-0.4, -0.2) is 43.0 Å². The van der Waals surface area contributed by atoms with Crippen LogP contribution in [0.4, 0.5) is 24.9 Å². The minimum absolute atomic E-state index is 0.106. The van der Waals surface area contributed by atoms with Crippen molar-refractivity contribution in [3.8, 4) is 11.5 Å². The molecule has 0 radical (unpaired) electrons. The first-order valence-corrected chi connectivity index (χ1v) is 8.29. The summed E-state index contributed by atoms with van der Waals surface area (Å²) in [7, 11) is 3.00. The molecule has 0 aliphatic carbocycles. The Morgan fingerprint density at radius 3 is 2.42 bits per heavy atom. The molecular formula is C17H21F3N4O2. The van der Waals surface area contributed by atoms with E-state index in [9.17, 15) is 13.2 Å². The minimum atomic E-state index is -4.25. The van der Waals surface area contributed by atoms with Crippen molar-refractivity contribution in [1.29, 1.82) is 0 Å². The Hall–Kier alpha value is -2.45. The predicted octanol–water partition coefficient (Wildman–Crippen LogP) is 3.40. The standard InChI is InChI=1S/C17H21F3N4O2/c1-9-11(17(18,19)20)5-4-6-24(9)16-22-12-8-14(26-3)13(25-2)7-10(12)15(21)23-16/h7-9,11H,4-6H2,1-3H3,(H2,21,22,23). The summed E-state index contributed by atoms with van der Waals surface area (Å²) >= 11 is 0. The number of methoxy groups -OCH3 is 2. The molecule has 2 unspecified atom stereocenters. The molecule has 2 heterocycles. The van der Waals surface area contributed by atoms with Gasteiger partial charge in [-0.2, -0.15) is 18.2 Å². The van der Waals surface area contributed by atoms with Crippen LogP contribution in [-0.2, 0) is 0 Å². The van der Waals surface area contributed by atoms with Gasteiger partial charge in [-0.15, -0.1) is 0 Å². The summed E-state index contributed by atoms with van der Waals surface area (Å²) in [5.41, 5.74) is 6.54. The zero-order valence-electron chi connectivity index (χ0n) is 14.8. The van der Waals surface area contributed by atoms with E-state index in [1.165, 1.54) is 14.2 Å². The van der Waals surface area contributed by atoms with Crippen molar-refractivity contribution in [2.24, 2.45) is 5.92 Å². The van der Waals surface area contributed by atoms with Crippen LogP contribution < -0.4 is 20.1 Å². The fraction of sp³-hybridized carbons (Fsp3) is 0.529. The number of fused-ring (bicyclic) bond motifs is 1. The van der Waals surface area contributed by atoms with E-state index in [4.69, 9.17) is 15.2 Å². The van der Waals surface area contributed by atoms with E-state index < -0.39 is 18.1 Å². The highest BCUT2D eigenvalue weighted by Crippen LogP contribution is 2.39. The summed E-state index contributed by atoms with van der Waals surface area (Å²) in [6.07, 6.45) is -3.73. The van der Waals surface area contributed by atoms with Crippen molar-refractivity contribution >= 4 is 22.7 Å². The topological polar surface area (TPSA) is 73.5 Å². The third-order valence-electron chi connectivity index (χ3n) is 4.88. The molecule has 9 heteroatoms. The van der Waals surface area contributed by atoms with Gasteiger partial charge in [0.2, 0.25) is 5.95 Å². The second-order valence-corrected chi connectivity index (χ2v) is 6.36. The highest BCUT2D eigenvalue weighted by molar-refractivity contribution is 5.91. The molecule has 26 heavy (non-hydrogen) atoms. The first kappa shape index (κ1) is 18.3. The third kappa shape index (κ3) is 3.17. The third-order valence-corrected chi connectivity index (χ3v) is 4.88. The van der Waals surface area contributed by atoms with E-state index in [1.54, 1.807) is 24.0 Å². The molecule has 0 spiro atoms. The van der Waals surface area contributed by atoms with Gasteiger partial charge in [0.15, 0.2) is 11.5 Å². The number of nitrogens with two attached hydrogens (primary N) is 1. The molecule has 1 aromatic heterocycles. The van der Waals surface area contributed by atoms with Gasteiger partial charge >= 0.3 is 6.18 Å². The van der Waals surface area contributed by atoms with Crippen LogP contribution in [0.5, 0.6) is 11.5 Å². The van der Waals surface area contributed by atoms with Crippen molar-refractivity contribution in [2.45, 2.75) is 32.0 Å². The van der Waals surface area contributed by atoms with Gasteiger partial charge in [-0.1, -0.05) is 0 Å². The highest BCUT2D eigenvalue weighted by Gasteiger charge is 2.46. The fourth-order valence-electron chi connectivity index (χ4n) is 3.46. The Bertz CT molecular complexity index is 813. The summed E-state index contributed by atoms with van der Waals surface area (Å²) in [6.45, 7) is 2.00. The summed E-state index contributed by atoms with van der Waals surface area (Å²) in [6, 6.07) is 2.54. The highest BCUT2D eigenvalue weighted by atomic mass is 19.4. The SMILES string of the molecule is COc1cc2nc(N3CCCC(C(F)(F)F)C3C)nc(N)c2cc1OC. The molecule has 6 nitrogen and oxygen atoms in total. The molecule has 1 fully saturated rings. The number of nitrogens with zero attached hydrogens (tertiary/aromatic N) is 3. The number of aromatic nitrogens is 2. The molecule has 2 atom stereocenters. The quantitative estimate of drug-likeness (QED) is 0.893. The van der Waals surface area contributed by atoms with Crippen LogP contribution in [0, 0.1) is 5.92 Å². The van der Waals surface area contributed by atoms with Gasteiger partial charge in [0, 0.05) is 24.0 Å². The maximum absolute atomic E-state index is 13.3. The van der Waals surface area contributed by atoms with E-state index >= 15 is 0 Å². The summed E-state index contributed by atoms with van der Waals surface area (Å²) in [5, 5.41) is 0.559. The van der Waals surface area contributed by atoms with Gasteiger partial charge < -0.3 is 20.1 Å². The van der Waals surface area contributed by atoms with Crippen molar-refractivity contribution in [1.82, 2.24) is 9.97 Å². The van der Waals surface area contributed by atoms with Crippen molar-refractivity contribution in [2.75, 3.05) is 31.4 Å². The Morgan fingerprint density at radius 1 is 1.15 bits per heavy atom. The van der Waals surface area contributed by atoms with Crippen LogP contribution in [0.15, 0.2) is 12.1 Å². The van der Waals surface area contributed by atoms with Gasteiger partial charge in [-0.05, 0) is 25.8 Å². The van der Waals surface area contributed by atoms with E-state index in [1.807, 2.05) is 0 Å². The average Bonchev–Trinajstić information content (AvgIpc) is 2.59. The number of alkyl halides is 3. The molecule has 2 aromatic rings. The molecule has 0 bridgehead atoms. The maximum Gasteiger partial charge on any atom is 0.393 e. The average molecular weight is 370 g/mol. The lowest BCUT2D eigenvalue weighted by Crippen LogP contribution is -2.49. The molecular weight excluding hydrogens is 349 g/mol. The molecule has 1 aliphatic heterocycles. The predicted molar refractivity (Wildman–Crippen MR) is 92.6 cm³/mol. The lowest BCUT2D eigenvalue weighted by Gasteiger charge is -2.40. The number of nitrogen functional groups attached to an aromatic ring is 1. The van der Waals surface area contributed by atoms with Gasteiger partial charge in [0.25, 0.3) is 0 Å². The van der Waals surface area contributed by atoms with E-state index in [0.29, 0.717) is 35.4 Å². The molecule has 0 amide bonds. The number of ether oxygens (including phenoxy) is 2. The molecule has 1 aliphatic rings. The number of anilines is 2. The van der Waals surface area contributed by atoms with Crippen LogP contribution in [0.2, 0.25) is 0 Å². The monoisotopic (exact) mass is 370 g/mol. The second-order valence-electron chi connectivity index (χ2n) is 6.36. The lowest BCUT2D eigenvalue weighted by atomic mass is 9.90. The lowest BCUT2D eigenvalue weighted by molar-refractivity contribution is -0.184. The molecule has 1 aromatic carbocycles. The first-order chi connectivity index (χ1) is 12.3. The van der Waals surface area contributed by atoms with Crippen molar-refractivity contribution in [3.05, 3.63) is 12.1 Å². The molecule has 2 N–H and O–H groups in total. The van der Waals surface area contributed by atoms with Gasteiger partial charge in [-0.3, -0.25) is 0 Å². The van der Waals surface area contributed by atoms with Crippen LogP contribution in [0.25, 0.3) is 10.9 Å². The largest absolute Gasteiger partial charge is 0.493 e. The van der Waals surface area contributed by atoms with Gasteiger partial charge in [0.05, 0.1) is 25.7 Å². The number of benzene rings is 1. The zero-order valence-corrected chi connectivity index (χ0v) is 14.8. The number of rotatable bonds is 3. The Morgan fingerprint density at radius 2 is 1.81 bits per heavy atom. The van der Waals surface area contributed by atoms with Gasteiger partial charge in [-0.25, -0.2) is 4.98 Å². The summed E-state index contributed by atoms with van der Waals surface area (Å²) in [4.78, 5) is 10.3. The van der Waals surface area contributed by atoms with E-state index in [-0.39, 0.29) is 18.2 Å². The molecule has 1 saturated heterocycles. The fourth-order valence-corrected chi connectivity index (χ4v) is 3.46. The minimum Gasteiger partial charge on any atom is -0.493 e. The maximum atomic E-state index is 13.3. The normalized spacial score (nSPS) is 21.1. The Balaban J connectivity index is 2.05. The molecule has 3 rings (SSSR count). The number of hydrogen-bond donors (Lipinski definition) is 1. The summed E-state index contributed by atoms with van der Waals surface area (Å²) in [5.74, 6) is -0.0893. The van der Waals surface area contributed by atoms with Crippen LogP contribution in [0.1, 0.15) is 19.8 Å².